The van der Waals surface area contributed by atoms with Crippen molar-refractivity contribution in [3.05, 3.63) is 16.3 Å². The van der Waals surface area contributed by atoms with Crippen LogP contribution in [-0.2, 0) is 16.6 Å². The fraction of sp³-hybridized carbons (Fsp3) is 0.714. The van der Waals surface area contributed by atoms with Crippen molar-refractivity contribution in [1.29, 1.82) is 0 Å². The van der Waals surface area contributed by atoms with E-state index in [4.69, 9.17) is 0 Å². The molecule has 1 unspecified atom stereocenters. The predicted octanol–water partition coefficient (Wildman–Crippen LogP) is 2.52. The molecule has 4 nitrogen and oxygen atoms in total. The van der Waals surface area contributed by atoms with Gasteiger partial charge in [0, 0.05) is 24.5 Å². The number of nitrogens with zero attached hydrogens (tertiary/aromatic N) is 1. The van der Waals surface area contributed by atoms with Crippen molar-refractivity contribution in [2.75, 3.05) is 20.1 Å². The average molecular weight is 316 g/mol. The quantitative estimate of drug-likeness (QED) is 0.928. The molecule has 0 saturated carbocycles. The van der Waals surface area contributed by atoms with E-state index in [1.165, 1.54) is 11.3 Å². The molecule has 1 aliphatic heterocycles. The Balaban J connectivity index is 2.22. The van der Waals surface area contributed by atoms with Crippen molar-refractivity contribution in [3.63, 3.8) is 0 Å². The summed E-state index contributed by atoms with van der Waals surface area (Å²) >= 11 is 1.50. The summed E-state index contributed by atoms with van der Waals surface area (Å²) in [5.41, 5.74) is 0.159. The first-order valence-corrected chi connectivity index (χ1v) is 9.30. The van der Waals surface area contributed by atoms with Crippen LogP contribution in [0.2, 0.25) is 0 Å². The van der Waals surface area contributed by atoms with Crippen LogP contribution in [0.5, 0.6) is 0 Å². The van der Waals surface area contributed by atoms with Crippen LogP contribution < -0.4 is 5.32 Å². The maximum absolute atomic E-state index is 12.8. The molecule has 1 aliphatic rings. The molecule has 1 aromatic heterocycles. The fourth-order valence-electron chi connectivity index (χ4n) is 2.64. The number of hydrogen-bond acceptors (Lipinski definition) is 4. The molecule has 1 N–H and O–H groups in total. The molecule has 1 saturated heterocycles. The molecule has 6 heteroatoms. The van der Waals surface area contributed by atoms with Crippen molar-refractivity contribution in [2.24, 2.45) is 11.3 Å². The average Bonchev–Trinajstić information content (AvgIpc) is 2.97. The highest BCUT2D eigenvalue weighted by Gasteiger charge is 2.38. The van der Waals surface area contributed by atoms with Crippen LogP contribution >= 0.6 is 11.3 Å². The van der Waals surface area contributed by atoms with Crippen LogP contribution in [0.3, 0.4) is 0 Å². The second-order valence-electron chi connectivity index (χ2n) is 6.45. The van der Waals surface area contributed by atoms with Gasteiger partial charge in [-0.25, -0.2) is 8.42 Å². The van der Waals surface area contributed by atoms with Crippen LogP contribution in [0, 0.1) is 11.3 Å². The minimum Gasteiger partial charge on any atom is -0.315 e. The van der Waals surface area contributed by atoms with E-state index in [9.17, 15) is 8.42 Å². The Bertz CT molecular complexity index is 558. The van der Waals surface area contributed by atoms with Gasteiger partial charge in [-0.3, -0.25) is 0 Å². The summed E-state index contributed by atoms with van der Waals surface area (Å²) in [5.74, 6) is 0.434. The molecule has 1 fully saturated rings. The molecule has 0 amide bonds. The van der Waals surface area contributed by atoms with Crippen molar-refractivity contribution >= 4 is 21.4 Å². The lowest BCUT2D eigenvalue weighted by Gasteiger charge is -2.26. The highest BCUT2D eigenvalue weighted by Crippen LogP contribution is 2.36. The van der Waals surface area contributed by atoms with Crippen LogP contribution in [0.4, 0.5) is 0 Å². The number of nitrogens with one attached hydrogen (secondary N) is 1. The highest BCUT2D eigenvalue weighted by molar-refractivity contribution is 7.89. The van der Waals surface area contributed by atoms with E-state index in [-0.39, 0.29) is 5.41 Å². The van der Waals surface area contributed by atoms with E-state index in [0.717, 1.165) is 11.3 Å². The van der Waals surface area contributed by atoms with Crippen LogP contribution in [0.25, 0.3) is 0 Å². The van der Waals surface area contributed by atoms with Crippen LogP contribution in [-0.4, -0.2) is 32.9 Å². The summed E-state index contributed by atoms with van der Waals surface area (Å²) in [7, 11) is -1.50. The molecule has 114 valence electrons. The second-order valence-corrected chi connectivity index (χ2v) is 9.36. The first kappa shape index (κ1) is 15.9. The first-order chi connectivity index (χ1) is 9.26. The monoisotopic (exact) mass is 316 g/mol. The normalized spacial score (nSPS) is 21.5. The Morgan fingerprint density at radius 2 is 2.15 bits per heavy atom. The SMILES string of the molecule is CNCc1sccc1S(=O)(=O)N1CCC(C(C)(C)C)C1. The summed E-state index contributed by atoms with van der Waals surface area (Å²) < 4.78 is 27.2. The van der Waals surface area contributed by atoms with E-state index >= 15 is 0 Å². The van der Waals surface area contributed by atoms with E-state index in [0.29, 0.717) is 30.4 Å². The largest absolute Gasteiger partial charge is 0.315 e. The Labute approximate surface area is 126 Å². The topological polar surface area (TPSA) is 49.4 Å². The summed E-state index contributed by atoms with van der Waals surface area (Å²) in [6.07, 6.45) is 0.953. The van der Waals surface area contributed by atoms with Crippen LogP contribution in [0.15, 0.2) is 16.3 Å². The molecule has 2 heterocycles. The predicted molar refractivity (Wildman–Crippen MR) is 83.4 cm³/mol. The lowest BCUT2D eigenvalue weighted by Crippen LogP contribution is -2.31. The minimum absolute atomic E-state index is 0.159. The fourth-order valence-corrected chi connectivity index (χ4v) is 5.57. The molecular weight excluding hydrogens is 292 g/mol. The summed E-state index contributed by atoms with van der Waals surface area (Å²) in [6, 6.07) is 1.73. The zero-order chi connectivity index (χ0) is 15.0. The summed E-state index contributed by atoms with van der Waals surface area (Å²) in [5, 5.41) is 4.89. The number of hydrogen-bond donors (Lipinski definition) is 1. The maximum Gasteiger partial charge on any atom is 0.244 e. The van der Waals surface area contributed by atoms with Crippen molar-refractivity contribution < 1.29 is 8.42 Å². The van der Waals surface area contributed by atoms with Crippen molar-refractivity contribution in [3.8, 4) is 0 Å². The van der Waals surface area contributed by atoms with E-state index in [2.05, 4.69) is 26.1 Å². The molecule has 0 radical (unpaired) electrons. The zero-order valence-corrected chi connectivity index (χ0v) is 14.3. The van der Waals surface area contributed by atoms with Gasteiger partial charge in [-0.15, -0.1) is 11.3 Å². The summed E-state index contributed by atoms with van der Waals surface area (Å²) in [6.45, 7) is 8.43. The third kappa shape index (κ3) is 3.08. The Kier molecular flexibility index (Phi) is 4.59. The van der Waals surface area contributed by atoms with Gasteiger partial charge in [0.05, 0.1) is 4.90 Å². The minimum atomic E-state index is -3.34. The van der Waals surface area contributed by atoms with Gasteiger partial charge in [0.15, 0.2) is 0 Å². The smallest absolute Gasteiger partial charge is 0.244 e. The molecule has 20 heavy (non-hydrogen) atoms. The third-order valence-corrected chi connectivity index (χ3v) is 7.04. The molecule has 0 bridgehead atoms. The van der Waals surface area contributed by atoms with E-state index < -0.39 is 10.0 Å². The molecule has 2 rings (SSSR count). The molecule has 1 aromatic rings. The molecular formula is C14H24N2O2S2. The van der Waals surface area contributed by atoms with E-state index in [1.54, 1.807) is 10.4 Å². The molecule has 0 aliphatic carbocycles. The first-order valence-electron chi connectivity index (χ1n) is 6.98. The Morgan fingerprint density at radius 3 is 2.70 bits per heavy atom. The van der Waals surface area contributed by atoms with Crippen LogP contribution in [0.1, 0.15) is 32.1 Å². The van der Waals surface area contributed by atoms with Gasteiger partial charge in [0.1, 0.15) is 0 Å². The van der Waals surface area contributed by atoms with Gasteiger partial charge in [-0.2, -0.15) is 4.31 Å². The van der Waals surface area contributed by atoms with Gasteiger partial charge < -0.3 is 5.32 Å². The van der Waals surface area contributed by atoms with Gasteiger partial charge >= 0.3 is 0 Å². The van der Waals surface area contributed by atoms with Gasteiger partial charge in [0.2, 0.25) is 10.0 Å². The number of sulfonamides is 1. The number of rotatable bonds is 4. The maximum atomic E-state index is 12.8. The molecule has 0 aromatic carbocycles. The lowest BCUT2D eigenvalue weighted by atomic mass is 9.80. The summed E-state index contributed by atoms with van der Waals surface area (Å²) in [4.78, 5) is 1.37. The number of thiophene rings is 1. The second kappa shape index (κ2) is 5.75. The van der Waals surface area contributed by atoms with Crippen molar-refractivity contribution in [2.45, 2.75) is 38.6 Å². The third-order valence-electron chi connectivity index (χ3n) is 4.04. The van der Waals surface area contributed by atoms with Gasteiger partial charge in [0.25, 0.3) is 0 Å². The Morgan fingerprint density at radius 1 is 1.45 bits per heavy atom. The molecule has 0 spiro atoms. The molecule has 1 atom stereocenters. The standard InChI is InChI=1S/C14H24N2O2S2/c1-14(2,3)11-5-7-16(10-11)20(17,18)13-6-8-19-12(13)9-15-4/h6,8,11,15H,5,7,9-10H2,1-4H3. The lowest BCUT2D eigenvalue weighted by molar-refractivity contribution is 0.252. The zero-order valence-electron chi connectivity index (χ0n) is 12.6. The van der Waals surface area contributed by atoms with Crippen molar-refractivity contribution in [1.82, 2.24) is 9.62 Å². The van der Waals surface area contributed by atoms with E-state index in [1.807, 2.05) is 12.4 Å². The highest BCUT2D eigenvalue weighted by atomic mass is 32.2. The van der Waals surface area contributed by atoms with Gasteiger partial charge in [-0.05, 0) is 36.2 Å². The van der Waals surface area contributed by atoms with Gasteiger partial charge in [-0.1, -0.05) is 20.8 Å². The Hall–Kier alpha value is -0.430.